The molecule has 0 unspecified atom stereocenters. The maximum Gasteiger partial charge on any atom is 0.335 e. The number of anilines is 1. The van der Waals surface area contributed by atoms with E-state index in [1.165, 1.54) is 18.2 Å². The summed E-state index contributed by atoms with van der Waals surface area (Å²) >= 11 is 0. The Hall–Kier alpha value is -4.46. The van der Waals surface area contributed by atoms with Crippen molar-refractivity contribution in [1.82, 2.24) is 5.32 Å². The van der Waals surface area contributed by atoms with E-state index in [-0.39, 0.29) is 16.9 Å². The summed E-state index contributed by atoms with van der Waals surface area (Å²) < 4.78 is 5.79. The van der Waals surface area contributed by atoms with Gasteiger partial charge in [0.05, 0.1) is 11.3 Å². The predicted octanol–water partition coefficient (Wildman–Crippen LogP) is 4.24. The van der Waals surface area contributed by atoms with Crippen LogP contribution in [-0.4, -0.2) is 28.9 Å². The fourth-order valence-corrected chi connectivity index (χ4v) is 3.55. The van der Waals surface area contributed by atoms with Crippen molar-refractivity contribution >= 4 is 35.6 Å². The molecule has 0 radical (unpaired) electrons. The lowest BCUT2D eigenvalue weighted by Gasteiger charge is -2.26. The average molecular weight is 444 g/mol. The number of carbonyl (C=O) groups is 4. The lowest BCUT2D eigenvalue weighted by atomic mass is 10.0. The van der Waals surface area contributed by atoms with E-state index in [0.29, 0.717) is 22.6 Å². The fraction of sp³-hybridized carbons (Fsp3) is 0.120. The molecule has 1 fully saturated rings. The minimum absolute atomic E-state index is 0.158. The number of barbiturate groups is 1. The van der Waals surface area contributed by atoms with E-state index in [4.69, 9.17) is 9.52 Å². The highest BCUT2D eigenvalue weighted by atomic mass is 16.4. The first-order valence-corrected chi connectivity index (χ1v) is 10.1. The molecule has 2 N–H and O–H groups in total. The number of carbonyl (C=O) groups excluding carboxylic acids is 3. The largest absolute Gasteiger partial charge is 0.478 e. The number of hydrogen-bond donors (Lipinski definition) is 2. The minimum atomic E-state index is -1.03. The number of benzene rings is 2. The zero-order valence-corrected chi connectivity index (χ0v) is 18.1. The Kier molecular flexibility index (Phi) is 5.43. The second kappa shape index (κ2) is 8.23. The van der Waals surface area contributed by atoms with Crippen molar-refractivity contribution in [2.24, 2.45) is 0 Å². The zero-order chi connectivity index (χ0) is 23.9. The van der Waals surface area contributed by atoms with Crippen LogP contribution in [0.15, 0.2) is 58.5 Å². The molecule has 166 valence electrons. The van der Waals surface area contributed by atoms with E-state index in [9.17, 15) is 19.2 Å². The third-order valence-electron chi connectivity index (χ3n) is 5.50. The maximum absolute atomic E-state index is 13.1. The van der Waals surface area contributed by atoms with Crippen LogP contribution < -0.4 is 10.2 Å². The molecule has 2 aromatic carbocycles. The minimum Gasteiger partial charge on any atom is -0.478 e. The van der Waals surface area contributed by atoms with Crippen LogP contribution in [0.3, 0.4) is 0 Å². The molecule has 1 saturated heterocycles. The van der Waals surface area contributed by atoms with Gasteiger partial charge in [0.15, 0.2) is 0 Å². The molecule has 3 aromatic rings. The van der Waals surface area contributed by atoms with E-state index < -0.39 is 23.8 Å². The first kappa shape index (κ1) is 21.8. The number of hydrogen-bond acceptors (Lipinski definition) is 5. The summed E-state index contributed by atoms with van der Waals surface area (Å²) in [6.45, 7) is 5.54. The van der Waals surface area contributed by atoms with Gasteiger partial charge in [0.25, 0.3) is 11.8 Å². The number of furan rings is 1. The fourth-order valence-electron chi connectivity index (χ4n) is 3.55. The quantitative estimate of drug-likeness (QED) is 0.459. The molecule has 0 bridgehead atoms. The van der Waals surface area contributed by atoms with Crippen LogP contribution in [0.5, 0.6) is 0 Å². The molecular formula is C25H20N2O6. The lowest BCUT2D eigenvalue weighted by Crippen LogP contribution is -2.54. The number of nitrogens with one attached hydrogen (secondary N) is 1. The van der Waals surface area contributed by atoms with Crippen molar-refractivity contribution in [3.8, 4) is 11.3 Å². The maximum atomic E-state index is 13.1. The van der Waals surface area contributed by atoms with Crippen molar-refractivity contribution in [1.29, 1.82) is 0 Å². The molecule has 0 atom stereocenters. The van der Waals surface area contributed by atoms with Crippen LogP contribution in [0, 0.1) is 20.8 Å². The summed E-state index contributed by atoms with van der Waals surface area (Å²) in [6, 6.07) is 12.2. The molecule has 4 amide bonds. The average Bonchev–Trinajstić information content (AvgIpc) is 3.21. The van der Waals surface area contributed by atoms with E-state index in [1.54, 1.807) is 43.3 Å². The van der Waals surface area contributed by atoms with Crippen LogP contribution in [0.4, 0.5) is 10.5 Å². The molecule has 0 spiro atoms. The normalized spacial score (nSPS) is 15.2. The van der Waals surface area contributed by atoms with Gasteiger partial charge in [0, 0.05) is 5.56 Å². The molecule has 33 heavy (non-hydrogen) atoms. The monoisotopic (exact) mass is 444 g/mol. The Bertz CT molecular complexity index is 1360. The van der Waals surface area contributed by atoms with Crippen molar-refractivity contribution in [2.75, 3.05) is 4.90 Å². The van der Waals surface area contributed by atoms with Gasteiger partial charge >= 0.3 is 12.0 Å². The van der Waals surface area contributed by atoms with Gasteiger partial charge in [-0.05, 0) is 79.9 Å². The molecule has 0 saturated carbocycles. The van der Waals surface area contributed by atoms with Crippen molar-refractivity contribution in [3.63, 3.8) is 0 Å². The standard InChI is InChI=1S/C25H20N2O6/c1-13-4-6-17(11-14(13)2)27-23(29)20(22(28)26-25(27)32)12-18-7-9-21(33-18)19-8-5-16(24(30)31)10-15(19)3/h4-12H,1-3H3,(H,30,31)(H,26,28,32). The number of imide groups is 2. The Balaban J connectivity index is 1.67. The van der Waals surface area contributed by atoms with Gasteiger partial charge in [0.2, 0.25) is 0 Å². The molecule has 1 aliphatic rings. The second-order valence-electron chi connectivity index (χ2n) is 7.76. The Morgan fingerprint density at radius 1 is 0.939 bits per heavy atom. The first-order chi connectivity index (χ1) is 15.7. The van der Waals surface area contributed by atoms with E-state index in [1.807, 2.05) is 13.8 Å². The number of carboxylic acids is 1. The van der Waals surface area contributed by atoms with Crippen LogP contribution in [0.1, 0.15) is 32.8 Å². The van der Waals surface area contributed by atoms with Gasteiger partial charge in [-0.25, -0.2) is 14.5 Å². The summed E-state index contributed by atoms with van der Waals surface area (Å²) in [6.07, 6.45) is 1.28. The summed E-state index contributed by atoms with van der Waals surface area (Å²) in [4.78, 5) is 49.9. The van der Waals surface area contributed by atoms with Crippen LogP contribution in [-0.2, 0) is 9.59 Å². The van der Waals surface area contributed by atoms with E-state index >= 15 is 0 Å². The molecule has 1 aliphatic heterocycles. The highest BCUT2D eigenvalue weighted by molar-refractivity contribution is 6.39. The summed E-state index contributed by atoms with van der Waals surface area (Å²) in [5.74, 6) is -1.92. The van der Waals surface area contributed by atoms with Gasteiger partial charge in [-0.1, -0.05) is 12.1 Å². The molecule has 4 rings (SSSR count). The van der Waals surface area contributed by atoms with Crippen LogP contribution >= 0.6 is 0 Å². The number of aromatic carboxylic acids is 1. The Morgan fingerprint density at radius 2 is 1.70 bits per heavy atom. The number of rotatable bonds is 4. The number of amides is 4. The highest BCUT2D eigenvalue weighted by Crippen LogP contribution is 2.29. The molecule has 2 heterocycles. The van der Waals surface area contributed by atoms with E-state index in [2.05, 4.69) is 5.32 Å². The van der Waals surface area contributed by atoms with Gasteiger partial charge in [-0.2, -0.15) is 0 Å². The summed E-state index contributed by atoms with van der Waals surface area (Å²) in [7, 11) is 0. The third-order valence-corrected chi connectivity index (χ3v) is 5.50. The van der Waals surface area contributed by atoms with Crippen LogP contribution in [0.25, 0.3) is 17.4 Å². The first-order valence-electron chi connectivity index (χ1n) is 10.1. The highest BCUT2D eigenvalue weighted by Gasteiger charge is 2.37. The van der Waals surface area contributed by atoms with Gasteiger partial charge < -0.3 is 9.52 Å². The van der Waals surface area contributed by atoms with Gasteiger partial charge in [-0.3, -0.25) is 14.9 Å². The van der Waals surface area contributed by atoms with Crippen molar-refractivity contribution in [2.45, 2.75) is 20.8 Å². The number of nitrogens with zero attached hydrogens (tertiary/aromatic N) is 1. The van der Waals surface area contributed by atoms with E-state index in [0.717, 1.165) is 16.0 Å². The predicted molar refractivity (Wildman–Crippen MR) is 121 cm³/mol. The molecule has 8 heteroatoms. The van der Waals surface area contributed by atoms with Crippen molar-refractivity contribution in [3.05, 3.63) is 82.1 Å². The Morgan fingerprint density at radius 3 is 2.36 bits per heavy atom. The topological polar surface area (TPSA) is 117 Å². The Labute approximate surface area is 189 Å². The van der Waals surface area contributed by atoms with Crippen molar-refractivity contribution < 1.29 is 28.7 Å². The SMILES string of the molecule is Cc1ccc(N2C(=O)NC(=O)C(=Cc3ccc(-c4ccc(C(=O)O)cc4C)o3)C2=O)cc1C. The van der Waals surface area contributed by atoms with Crippen LogP contribution in [0.2, 0.25) is 0 Å². The molecule has 1 aromatic heterocycles. The molecular weight excluding hydrogens is 424 g/mol. The number of urea groups is 1. The van der Waals surface area contributed by atoms with Gasteiger partial charge in [0.1, 0.15) is 17.1 Å². The summed E-state index contributed by atoms with van der Waals surface area (Å²) in [5, 5.41) is 11.3. The third kappa shape index (κ3) is 4.06. The number of aryl methyl sites for hydroxylation is 3. The zero-order valence-electron chi connectivity index (χ0n) is 18.1. The smallest absolute Gasteiger partial charge is 0.335 e. The van der Waals surface area contributed by atoms with Gasteiger partial charge in [-0.15, -0.1) is 0 Å². The molecule has 8 nitrogen and oxygen atoms in total. The summed E-state index contributed by atoms with van der Waals surface area (Å²) in [5.41, 5.74) is 3.55. The lowest BCUT2D eigenvalue weighted by molar-refractivity contribution is -0.122. The second-order valence-corrected chi connectivity index (χ2v) is 7.76. The number of carboxylic acid groups (broad SMARTS) is 1. The molecule has 0 aliphatic carbocycles.